The third kappa shape index (κ3) is 7.13. The van der Waals surface area contributed by atoms with E-state index in [1.807, 2.05) is 0 Å². The summed E-state index contributed by atoms with van der Waals surface area (Å²) in [6.07, 6.45) is 0.989. The van der Waals surface area contributed by atoms with Gasteiger partial charge >= 0.3 is 5.97 Å². The molecule has 15 heteroatoms. The summed E-state index contributed by atoms with van der Waals surface area (Å²) in [6.45, 7) is 4.80. The molecule has 0 aliphatic carbocycles. The fourth-order valence-electron chi connectivity index (χ4n) is 3.35. The predicted octanol–water partition coefficient (Wildman–Crippen LogP) is 2.16. The molecule has 0 aliphatic heterocycles. The maximum Gasteiger partial charge on any atom is 0.326 e. The summed E-state index contributed by atoms with van der Waals surface area (Å²) in [6, 6.07) is 4.19. The van der Waals surface area contributed by atoms with Crippen LogP contribution in [0.1, 0.15) is 26.3 Å². The van der Waals surface area contributed by atoms with Crippen LogP contribution in [0.25, 0.3) is 11.2 Å². The number of fused-ring (bicyclic) bond motifs is 1. The van der Waals surface area contributed by atoms with E-state index in [2.05, 4.69) is 20.0 Å². The van der Waals surface area contributed by atoms with Gasteiger partial charge in [0.1, 0.15) is 11.9 Å². The largest absolute Gasteiger partial charge is 0.494 e. The highest BCUT2D eigenvalue weighted by Crippen LogP contribution is 2.45. The number of nitrogen functional groups attached to an aromatic ring is 1. The first-order valence-electron chi connectivity index (χ1n) is 11.3. The molecular weight excluding hydrogens is 510 g/mol. The lowest BCUT2D eigenvalue weighted by atomic mass is 10.1. The Morgan fingerprint density at radius 2 is 2.11 bits per heavy atom. The molecule has 37 heavy (non-hydrogen) atoms. The van der Waals surface area contributed by atoms with Gasteiger partial charge in [-0.2, -0.15) is 4.98 Å². The second kappa shape index (κ2) is 11.8. The highest BCUT2D eigenvalue weighted by atomic mass is 31.2. The molecule has 1 atom stereocenters. The van der Waals surface area contributed by atoms with Crippen molar-refractivity contribution in [3.8, 4) is 5.75 Å². The number of ether oxygens (including phenoxy) is 3. The summed E-state index contributed by atoms with van der Waals surface area (Å²) in [5.41, 5.74) is 4.55. The van der Waals surface area contributed by atoms with E-state index in [1.165, 1.54) is 39.4 Å². The number of methoxy groups -OCH3 is 1. The summed E-state index contributed by atoms with van der Waals surface area (Å²) < 4.78 is 50.6. The topological polar surface area (TPSA) is 173 Å². The maximum atomic E-state index is 14.1. The van der Waals surface area contributed by atoms with Gasteiger partial charge in [-0.05, 0) is 38.5 Å². The number of anilines is 1. The van der Waals surface area contributed by atoms with Crippen molar-refractivity contribution in [2.75, 3.05) is 32.4 Å². The minimum Gasteiger partial charge on any atom is -0.494 e. The Kier molecular flexibility index (Phi) is 9.02. The second-order valence-electron chi connectivity index (χ2n) is 8.47. The number of hydrogen-bond donors (Lipinski definition) is 3. The Hall–Kier alpha value is -3.32. The van der Waals surface area contributed by atoms with Crippen LogP contribution in [0.2, 0.25) is 0 Å². The molecule has 202 valence electrons. The molecule has 0 amide bonds. The van der Waals surface area contributed by atoms with Gasteiger partial charge in [0.25, 0.3) is 13.1 Å². The van der Waals surface area contributed by atoms with Gasteiger partial charge in [-0.25, -0.2) is 14.5 Å². The molecule has 0 fully saturated rings. The second-order valence-corrected chi connectivity index (χ2v) is 10.6. The van der Waals surface area contributed by atoms with Gasteiger partial charge in [0.2, 0.25) is 5.95 Å². The van der Waals surface area contributed by atoms with Crippen LogP contribution in [0, 0.1) is 5.82 Å². The quantitative estimate of drug-likeness (QED) is 0.165. The number of nitrogens with zero attached hydrogens (tertiary/aromatic N) is 3. The van der Waals surface area contributed by atoms with Gasteiger partial charge in [0, 0.05) is 6.54 Å². The molecule has 3 aromatic rings. The fourth-order valence-corrected chi connectivity index (χ4v) is 5.22. The molecule has 3 rings (SSSR count). The zero-order chi connectivity index (χ0) is 27.2. The average molecular weight is 540 g/mol. The van der Waals surface area contributed by atoms with E-state index >= 15 is 0 Å². The summed E-state index contributed by atoms with van der Waals surface area (Å²) in [4.78, 5) is 34.8. The number of aromatic amines is 1. The van der Waals surface area contributed by atoms with Crippen molar-refractivity contribution in [1.29, 1.82) is 0 Å². The van der Waals surface area contributed by atoms with Gasteiger partial charge in [0.15, 0.2) is 22.7 Å². The first kappa shape index (κ1) is 28.3. The molecule has 0 saturated heterocycles. The number of esters is 1. The number of benzene rings is 1. The number of halogens is 1. The minimum atomic E-state index is -3.83. The van der Waals surface area contributed by atoms with Gasteiger partial charge in [0.05, 0.1) is 33.3 Å². The van der Waals surface area contributed by atoms with Crippen LogP contribution in [0.5, 0.6) is 5.75 Å². The molecule has 0 aliphatic rings. The Balaban J connectivity index is 1.71. The van der Waals surface area contributed by atoms with E-state index < -0.39 is 36.8 Å². The van der Waals surface area contributed by atoms with Gasteiger partial charge in [-0.15, -0.1) is 0 Å². The van der Waals surface area contributed by atoms with Crippen molar-refractivity contribution in [2.24, 2.45) is 0 Å². The van der Waals surface area contributed by atoms with Crippen LogP contribution in [-0.4, -0.2) is 57.7 Å². The summed E-state index contributed by atoms with van der Waals surface area (Å²) in [5, 5.41) is 2.72. The number of rotatable bonds is 13. The Morgan fingerprint density at radius 3 is 2.78 bits per heavy atom. The molecule has 1 unspecified atom stereocenters. The smallest absolute Gasteiger partial charge is 0.326 e. The monoisotopic (exact) mass is 540 g/mol. The van der Waals surface area contributed by atoms with Crippen LogP contribution in [0.4, 0.5) is 10.3 Å². The van der Waals surface area contributed by atoms with Crippen molar-refractivity contribution in [2.45, 2.75) is 39.5 Å². The highest BCUT2D eigenvalue weighted by molar-refractivity contribution is 7.56. The summed E-state index contributed by atoms with van der Waals surface area (Å²) in [7, 11) is -2.49. The van der Waals surface area contributed by atoms with E-state index in [1.54, 1.807) is 17.6 Å². The van der Waals surface area contributed by atoms with Crippen LogP contribution in [-0.2, 0) is 36.5 Å². The normalized spacial score (nSPS) is 13.4. The maximum absolute atomic E-state index is 14.1. The summed E-state index contributed by atoms with van der Waals surface area (Å²) >= 11 is 0. The van der Waals surface area contributed by atoms with Crippen molar-refractivity contribution in [3.05, 3.63) is 46.3 Å². The summed E-state index contributed by atoms with van der Waals surface area (Å²) in [5.74, 6) is -1.23. The Morgan fingerprint density at radius 1 is 1.35 bits per heavy atom. The fraction of sp³-hybridized carbons (Fsp3) is 0.455. The number of hydrogen-bond acceptors (Lipinski definition) is 10. The third-order valence-electron chi connectivity index (χ3n) is 5.12. The zero-order valence-corrected chi connectivity index (χ0v) is 21.8. The van der Waals surface area contributed by atoms with Crippen molar-refractivity contribution < 1.29 is 32.5 Å². The molecular formula is C22H30FN6O7P. The molecule has 1 aromatic carbocycles. The molecule has 2 heterocycles. The number of imidazole rings is 1. The SMILES string of the molecule is CCOC(=O)C(C)(C)NP(=O)(COCCn1cnc2c(=O)[nH]c(N)nc21)OCc1ccc(OC)c(F)c1. The molecule has 13 nitrogen and oxygen atoms in total. The zero-order valence-electron chi connectivity index (χ0n) is 20.9. The van der Waals surface area contributed by atoms with E-state index in [9.17, 15) is 18.5 Å². The van der Waals surface area contributed by atoms with E-state index in [4.69, 9.17) is 24.5 Å². The number of carbonyl (C=O) groups excluding carboxylic acids is 1. The van der Waals surface area contributed by atoms with E-state index in [-0.39, 0.29) is 49.2 Å². The lowest BCUT2D eigenvalue weighted by Crippen LogP contribution is -2.46. The number of carbonyl (C=O) groups is 1. The van der Waals surface area contributed by atoms with Gasteiger partial charge in [-0.3, -0.25) is 19.1 Å². The highest BCUT2D eigenvalue weighted by Gasteiger charge is 2.38. The van der Waals surface area contributed by atoms with E-state index in [0.29, 0.717) is 5.56 Å². The van der Waals surface area contributed by atoms with E-state index in [0.717, 1.165) is 0 Å². The van der Waals surface area contributed by atoms with Gasteiger partial charge in [-0.1, -0.05) is 6.07 Å². The molecule has 2 aromatic heterocycles. The lowest BCUT2D eigenvalue weighted by Gasteiger charge is -2.29. The van der Waals surface area contributed by atoms with Crippen LogP contribution in [0.15, 0.2) is 29.3 Å². The van der Waals surface area contributed by atoms with Crippen LogP contribution in [0.3, 0.4) is 0 Å². The number of H-pyrrole nitrogens is 1. The lowest BCUT2D eigenvalue weighted by molar-refractivity contribution is -0.149. The average Bonchev–Trinajstić information content (AvgIpc) is 3.23. The molecule has 0 radical (unpaired) electrons. The first-order chi connectivity index (χ1) is 17.5. The number of nitrogens with two attached hydrogens (primary N) is 1. The molecule has 0 bridgehead atoms. The minimum absolute atomic E-state index is 0.0336. The molecule has 0 spiro atoms. The predicted molar refractivity (Wildman–Crippen MR) is 133 cm³/mol. The van der Waals surface area contributed by atoms with Crippen molar-refractivity contribution in [1.82, 2.24) is 24.6 Å². The number of aromatic nitrogens is 4. The van der Waals surface area contributed by atoms with Crippen molar-refractivity contribution in [3.63, 3.8) is 0 Å². The van der Waals surface area contributed by atoms with Gasteiger partial charge < -0.3 is 29.0 Å². The Bertz CT molecular complexity index is 1360. The van der Waals surface area contributed by atoms with Crippen LogP contribution < -0.4 is 21.1 Å². The molecule has 4 N–H and O–H groups in total. The molecule has 0 saturated carbocycles. The first-order valence-corrected chi connectivity index (χ1v) is 13.1. The van der Waals surface area contributed by atoms with Crippen molar-refractivity contribution >= 4 is 30.6 Å². The standard InChI is InChI=1S/C22H30FN6O7P/c1-5-35-20(31)22(2,3)28-37(32,36-11-14-6-7-16(33-4)15(23)10-14)13-34-9-8-29-12-25-17-18(29)26-21(24)27-19(17)30/h6-7,10,12H,5,8-9,11,13H2,1-4H3,(H,28,32)(H3,24,26,27,30). The van der Waals surface area contributed by atoms with Crippen LogP contribution >= 0.6 is 7.52 Å². The Labute approximate surface area is 212 Å². The third-order valence-corrected chi connectivity index (χ3v) is 7.09. The number of nitrogens with one attached hydrogen (secondary N) is 2.